The van der Waals surface area contributed by atoms with E-state index in [1.165, 1.54) is 42.0 Å². The van der Waals surface area contributed by atoms with Crippen LogP contribution in [0.5, 0.6) is 0 Å². The Morgan fingerprint density at radius 2 is 1.07 bits per heavy atom. The van der Waals surface area contributed by atoms with Gasteiger partial charge in [-0.25, -0.2) is 15.0 Å². The monoisotopic (exact) mass is 760 g/mol. The molecule has 0 spiro atoms. The highest BCUT2D eigenvalue weighted by molar-refractivity contribution is 7.26. The maximum Gasteiger partial charge on any atom is 0.167 e. The maximum atomic E-state index is 6.71. The third kappa shape index (κ3) is 4.56. The Bertz CT molecular complexity index is 3740. The molecule has 13 aromatic rings. The molecule has 0 aliphatic carbocycles. The van der Waals surface area contributed by atoms with Crippen LogP contribution in [0.4, 0.5) is 0 Å². The van der Waals surface area contributed by atoms with Crippen LogP contribution in [0.1, 0.15) is 0 Å². The number of thiophene rings is 1. The fourth-order valence-electron chi connectivity index (χ4n) is 8.81. The summed E-state index contributed by atoms with van der Waals surface area (Å²) in [6, 6.07) is 59.0. The fourth-order valence-corrected chi connectivity index (χ4v) is 10.1. The molecule has 0 radical (unpaired) electrons. The third-order valence-corrected chi connectivity index (χ3v) is 12.7. The zero-order valence-corrected chi connectivity index (χ0v) is 31.5. The van der Waals surface area contributed by atoms with Crippen molar-refractivity contribution in [2.24, 2.45) is 0 Å². The number of hydrogen-bond donors (Lipinski definition) is 0. The lowest BCUT2D eigenvalue weighted by Gasteiger charge is -2.08. The van der Waals surface area contributed by atoms with Crippen molar-refractivity contribution in [3.63, 3.8) is 0 Å². The maximum absolute atomic E-state index is 6.71. The molecule has 0 aliphatic heterocycles. The molecule has 8 aromatic carbocycles. The smallest absolute Gasteiger partial charge is 0.167 e. The second-order valence-corrected chi connectivity index (χ2v) is 15.8. The molecule has 0 saturated heterocycles. The number of benzene rings is 8. The molecule has 0 aliphatic rings. The van der Waals surface area contributed by atoms with Crippen LogP contribution in [0.25, 0.3) is 126 Å². The summed E-state index contributed by atoms with van der Waals surface area (Å²) in [6.45, 7) is 0. The van der Waals surface area contributed by atoms with E-state index in [0.29, 0.717) is 17.5 Å². The molecule has 0 bridgehead atoms. The molecule has 0 amide bonds. The number of hydrogen-bond acceptors (Lipinski definition) is 6. The zero-order valence-electron chi connectivity index (χ0n) is 30.7. The first-order valence-electron chi connectivity index (χ1n) is 19.3. The molecule has 0 unspecified atom stereocenters. The second-order valence-electron chi connectivity index (χ2n) is 14.7. The molecule has 270 valence electrons. The quantitative estimate of drug-likeness (QED) is 0.179. The van der Waals surface area contributed by atoms with E-state index in [1.54, 1.807) is 0 Å². The number of fused-ring (bicyclic) bond motifs is 13. The van der Waals surface area contributed by atoms with E-state index in [0.717, 1.165) is 66.3 Å². The van der Waals surface area contributed by atoms with Gasteiger partial charge in [0, 0.05) is 75.4 Å². The average molecular weight is 761 g/mol. The van der Waals surface area contributed by atoms with Crippen molar-refractivity contribution in [1.82, 2.24) is 19.5 Å². The fraction of sp³-hybridized carbons (Fsp3) is 0. The summed E-state index contributed by atoms with van der Waals surface area (Å²) < 4.78 is 18.3. The highest BCUT2D eigenvalue weighted by Gasteiger charge is 2.21. The van der Waals surface area contributed by atoms with E-state index in [9.17, 15) is 0 Å². The van der Waals surface area contributed by atoms with Gasteiger partial charge in [0.15, 0.2) is 17.5 Å². The van der Waals surface area contributed by atoms with Crippen molar-refractivity contribution in [2.45, 2.75) is 0 Å². The minimum atomic E-state index is 0.551. The Hall–Kier alpha value is -7.61. The Kier molecular flexibility index (Phi) is 6.50. The summed E-state index contributed by atoms with van der Waals surface area (Å²) in [5.74, 6) is 1.76. The van der Waals surface area contributed by atoms with Gasteiger partial charge < -0.3 is 13.4 Å². The first-order chi connectivity index (χ1) is 28.7. The SMILES string of the molecule is c1ccc(-c2nc(-c3ccccc3)nc(-c3cccc4c3oc3cc5oc6ccc(-n7c8ccccc8c8c9sc%10ccccc%10c9ccc87)cc6c5cc34)n2)cc1. The molecular formula is C51H28N4O2S. The van der Waals surface area contributed by atoms with E-state index in [-0.39, 0.29) is 0 Å². The van der Waals surface area contributed by atoms with Gasteiger partial charge in [0.1, 0.15) is 22.3 Å². The number of furan rings is 2. The van der Waals surface area contributed by atoms with Gasteiger partial charge >= 0.3 is 0 Å². The Balaban J connectivity index is 1.00. The molecular weight excluding hydrogens is 733 g/mol. The van der Waals surface area contributed by atoms with Crippen LogP contribution in [0, 0.1) is 0 Å². The summed E-state index contributed by atoms with van der Waals surface area (Å²) in [4.78, 5) is 14.9. The summed E-state index contributed by atoms with van der Waals surface area (Å²) >= 11 is 1.87. The van der Waals surface area contributed by atoms with Gasteiger partial charge in [-0.1, -0.05) is 115 Å². The van der Waals surface area contributed by atoms with E-state index in [2.05, 4.69) is 95.6 Å². The van der Waals surface area contributed by atoms with Crippen LogP contribution in [-0.2, 0) is 0 Å². The molecule has 5 heterocycles. The van der Waals surface area contributed by atoms with Crippen molar-refractivity contribution in [3.05, 3.63) is 170 Å². The molecule has 7 heteroatoms. The van der Waals surface area contributed by atoms with E-state index in [1.807, 2.05) is 90.2 Å². The zero-order chi connectivity index (χ0) is 37.9. The summed E-state index contributed by atoms with van der Waals surface area (Å²) in [6.07, 6.45) is 0. The highest BCUT2D eigenvalue weighted by Crippen LogP contribution is 2.45. The van der Waals surface area contributed by atoms with E-state index < -0.39 is 0 Å². The van der Waals surface area contributed by atoms with Crippen LogP contribution in [0.15, 0.2) is 179 Å². The van der Waals surface area contributed by atoms with Gasteiger partial charge in [-0.15, -0.1) is 11.3 Å². The normalized spacial score (nSPS) is 12.1. The van der Waals surface area contributed by atoms with Crippen molar-refractivity contribution in [1.29, 1.82) is 0 Å². The first kappa shape index (κ1) is 31.6. The largest absolute Gasteiger partial charge is 0.456 e. The van der Waals surface area contributed by atoms with E-state index in [4.69, 9.17) is 23.8 Å². The number of aromatic nitrogens is 4. The van der Waals surface area contributed by atoms with Gasteiger partial charge in [-0.05, 0) is 48.5 Å². The van der Waals surface area contributed by atoms with Crippen molar-refractivity contribution in [2.75, 3.05) is 0 Å². The predicted molar refractivity (Wildman–Crippen MR) is 238 cm³/mol. The third-order valence-electron chi connectivity index (χ3n) is 11.5. The van der Waals surface area contributed by atoms with Crippen LogP contribution >= 0.6 is 11.3 Å². The van der Waals surface area contributed by atoms with Crippen LogP contribution in [-0.4, -0.2) is 19.5 Å². The van der Waals surface area contributed by atoms with Gasteiger partial charge in [0.25, 0.3) is 0 Å². The first-order valence-corrected chi connectivity index (χ1v) is 20.1. The minimum absolute atomic E-state index is 0.551. The standard InChI is InChI=1S/C51H28N4O2S/c1-3-12-29(13-4-1)49-52-50(30-14-5-2-6-15-30)54-51(53-49)36-19-11-18-33-38-27-39-37-26-31(22-25-42(37)56-43(39)28-44(38)57-47(33)36)55-40-20-9-7-17-35(40)46-41(55)24-23-34-32-16-8-10-21-45(32)58-48(34)46/h1-28H. The molecule has 0 N–H and O–H groups in total. The summed E-state index contributed by atoms with van der Waals surface area (Å²) in [5.41, 5.74) is 9.14. The number of para-hydroxylation sites is 2. The van der Waals surface area contributed by atoms with Crippen LogP contribution in [0.2, 0.25) is 0 Å². The number of rotatable bonds is 4. The van der Waals surface area contributed by atoms with Crippen molar-refractivity contribution in [3.8, 4) is 39.9 Å². The number of nitrogens with zero attached hydrogens (tertiary/aromatic N) is 4. The molecule has 0 fully saturated rings. The Morgan fingerprint density at radius 1 is 0.414 bits per heavy atom. The Morgan fingerprint density at radius 3 is 1.88 bits per heavy atom. The van der Waals surface area contributed by atoms with Crippen LogP contribution in [0.3, 0.4) is 0 Å². The topological polar surface area (TPSA) is 69.9 Å². The highest BCUT2D eigenvalue weighted by atomic mass is 32.1. The molecule has 0 atom stereocenters. The Labute approximate surface area is 333 Å². The lowest BCUT2D eigenvalue weighted by molar-refractivity contribution is 0.656. The lowest BCUT2D eigenvalue weighted by atomic mass is 10.1. The molecule has 5 aromatic heterocycles. The van der Waals surface area contributed by atoms with Crippen LogP contribution < -0.4 is 0 Å². The lowest BCUT2D eigenvalue weighted by Crippen LogP contribution is -2.00. The van der Waals surface area contributed by atoms with Gasteiger partial charge in [-0.3, -0.25) is 0 Å². The predicted octanol–water partition coefficient (Wildman–Crippen LogP) is 14.1. The second kappa shape index (κ2) is 11.9. The molecule has 13 rings (SSSR count). The average Bonchev–Trinajstić information content (AvgIpc) is 4.04. The minimum Gasteiger partial charge on any atom is -0.456 e. The van der Waals surface area contributed by atoms with Gasteiger partial charge in [-0.2, -0.15) is 0 Å². The summed E-state index contributed by atoms with van der Waals surface area (Å²) in [7, 11) is 0. The molecule has 58 heavy (non-hydrogen) atoms. The van der Waals surface area contributed by atoms with Crippen molar-refractivity contribution >= 4 is 97.2 Å². The molecule has 6 nitrogen and oxygen atoms in total. The van der Waals surface area contributed by atoms with Gasteiger partial charge in [0.05, 0.1) is 16.6 Å². The molecule has 0 saturated carbocycles. The van der Waals surface area contributed by atoms with Gasteiger partial charge in [0.2, 0.25) is 0 Å². The van der Waals surface area contributed by atoms with E-state index >= 15 is 0 Å². The van der Waals surface area contributed by atoms with Crippen molar-refractivity contribution < 1.29 is 8.83 Å². The summed E-state index contributed by atoms with van der Waals surface area (Å²) in [5, 5.41) is 9.21.